The van der Waals surface area contributed by atoms with Crippen LogP contribution in [0.5, 0.6) is 12.0 Å². The lowest BCUT2D eigenvalue weighted by Gasteiger charge is -2.14. The zero-order chi connectivity index (χ0) is 65.3. The number of amides is 1. The molecule has 3 aliphatic rings. The molecular formula is C72H80ClN17O7. The van der Waals surface area contributed by atoms with Crippen LogP contribution in [0.2, 0.25) is 5.28 Å². The molecular weight excluding hydrogens is 1250 g/mol. The van der Waals surface area contributed by atoms with Crippen LogP contribution in [0.4, 0.5) is 47.1 Å². The van der Waals surface area contributed by atoms with Gasteiger partial charge in [0.05, 0.1) is 43.8 Å². The third kappa shape index (κ3) is 19.5. The number of carbonyl (C=O) groups is 3. The van der Waals surface area contributed by atoms with Crippen molar-refractivity contribution >= 4 is 76.5 Å². The predicted octanol–water partition coefficient (Wildman–Crippen LogP) is 12.1. The first-order chi connectivity index (χ1) is 45.8. The molecule has 7 aromatic carbocycles. The molecule has 13 rings (SSSR count). The van der Waals surface area contributed by atoms with Gasteiger partial charge in [0.15, 0.2) is 0 Å². The summed E-state index contributed by atoms with van der Waals surface area (Å²) < 4.78 is 15.2. The molecule has 3 heterocycles. The van der Waals surface area contributed by atoms with Gasteiger partial charge in [0.25, 0.3) is 5.91 Å². The molecule has 0 saturated carbocycles. The van der Waals surface area contributed by atoms with Crippen molar-refractivity contribution in [2.75, 3.05) is 64.3 Å². The summed E-state index contributed by atoms with van der Waals surface area (Å²) in [6, 6.07) is 54.6. The number of anilines is 8. The van der Waals surface area contributed by atoms with E-state index in [4.69, 9.17) is 36.7 Å². The maximum Gasteiger partial charge on any atom is 0.337 e. The van der Waals surface area contributed by atoms with Crippen LogP contribution in [0.25, 0.3) is 0 Å². The molecule has 10 aromatic rings. The van der Waals surface area contributed by atoms with Crippen LogP contribution in [0.3, 0.4) is 0 Å². The number of para-hydroxylation sites is 2. The third-order valence-corrected chi connectivity index (χ3v) is 15.9. The smallest absolute Gasteiger partial charge is 0.337 e. The van der Waals surface area contributed by atoms with E-state index in [9.17, 15) is 14.4 Å². The van der Waals surface area contributed by atoms with Gasteiger partial charge in [-0.1, -0.05) is 144 Å². The lowest BCUT2D eigenvalue weighted by molar-refractivity contribution is 0.0599. The first-order valence-electron chi connectivity index (χ1n) is 30.3. The number of nitrogens with one attached hydrogen (secondary N) is 7. The molecule has 502 valence electrons. The molecule has 0 radical (unpaired) electrons. The van der Waals surface area contributed by atoms with Gasteiger partial charge >= 0.3 is 24.0 Å². The van der Waals surface area contributed by atoms with Gasteiger partial charge in [0.2, 0.25) is 41.0 Å². The van der Waals surface area contributed by atoms with E-state index < -0.39 is 5.97 Å². The minimum Gasteiger partial charge on any atom is -0.478 e. The number of ether oxygens (including phenoxy) is 3. The highest BCUT2D eigenvalue weighted by atomic mass is 35.5. The van der Waals surface area contributed by atoms with E-state index in [0.29, 0.717) is 77.8 Å². The number of hydrogen-bond acceptors (Lipinski definition) is 22. The summed E-state index contributed by atoms with van der Waals surface area (Å²) in [5.41, 5.74) is 19.2. The number of nitrogens with zero attached hydrogens (tertiary/aromatic N) is 9. The molecule has 0 saturated heterocycles. The molecule has 0 spiro atoms. The normalized spacial score (nSPS) is 12.5. The summed E-state index contributed by atoms with van der Waals surface area (Å²) in [6.45, 7) is 1.40. The first kappa shape index (κ1) is 71.3. The Morgan fingerprint density at radius 3 is 1.11 bits per heavy atom. The van der Waals surface area contributed by atoms with Gasteiger partial charge in [0, 0.05) is 43.3 Å². The van der Waals surface area contributed by atoms with Crippen LogP contribution in [-0.4, -0.2) is 107 Å². The number of rotatable bonds is 21. The summed E-state index contributed by atoms with van der Waals surface area (Å²) in [7, 11) is 4.40. The summed E-state index contributed by atoms with van der Waals surface area (Å²) in [5.74, 6) is 1.02. The lowest BCUT2D eigenvalue weighted by Crippen LogP contribution is -2.22. The van der Waals surface area contributed by atoms with Gasteiger partial charge < -0.3 is 62.3 Å². The van der Waals surface area contributed by atoms with Crippen LogP contribution in [-0.2, 0) is 62.9 Å². The van der Waals surface area contributed by atoms with E-state index in [1.807, 2.05) is 36.4 Å². The standard InChI is InChI=1S/C27H27N7O2.C21H20ClN5O2.C21H21N5O3.3CH4/c1-36-27-33-25(32-26(34-27)30-21-14-19-6-2-3-7-20(19)15-21)29-16-17-10-12-18(13-11-17)24(35)31-23-9-5-4-8-22(23)28;1-29-18(28)14-8-6-13(7-9-14)12-23-20-25-19(22)26-21(27-20)24-17-10-15-4-2-3-5-16(15)11-17;1-29-21-25-19(22-12-13-6-8-14(9-7-13)18(27)28)24-20(26-21)23-17-10-15-4-2-3-5-16(15)11-17;;;/h2-13,21H,14-16,28H2,1H3,(H,31,35)(H2,29,30,32,33,34);2-9,17H,10-12H2,1H3,(H2,23,24,25,26,27);2-9,17H,10-12H2,1H3,(H,27,28)(H2,22,23,24,25,26);3*1H4. The highest BCUT2D eigenvalue weighted by Crippen LogP contribution is 2.28. The van der Waals surface area contributed by atoms with E-state index >= 15 is 0 Å². The number of nitrogens with two attached hydrogens (primary N) is 1. The number of carboxylic acids is 1. The number of methoxy groups -OCH3 is 3. The minimum absolute atomic E-state index is 0. The maximum atomic E-state index is 12.5. The number of fused-ring (bicyclic) bond motifs is 3. The molecule has 97 heavy (non-hydrogen) atoms. The largest absolute Gasteiger partial charge is 0.478 e. The Labute approximate surface area is 569 Å². The Hall–Kier alpha value is -11.5. The topological polar surface area (TPSA) is 325 Å². The van der Waals surface area contributed by atoms with Gasteiger partial charge in [0.1, 0.15) is 0 Å². The van der Waals surface area contributed by atoms with Crippen LogP contribution >= 0.6 is 11.6 Å². The molecule has 3 aromatic heterocycles. The molecule has 24 nitrogen and oxygen atoms in total. The third-order valence-electron chi connectivity index (χ3n) is 15.7. The number of halogens is 1. The van der Waals surface area contributed by atoms with Crippen molar-refractivity contribution in [2.24, 2.45) is 0 Å². The monoisotopic (exact) mass is 1330 g/mol. The average Bonchev–Trinajstić information content (AvgIpc) is 1.75. The summed E-state index contributed by atoms with van der Waals surface area (Å²) in [6.07, 6.45) is 5.53. The van der Waals surface area contributed by atoms with Gasteiger partial charge in [-0.3, -0.25) is 4.79 Å². The fourth-order valence-corrected chi connectivity index (χ4v) is 11.1. The van der Waals surface area contributed by atoms with E-state index in [0.717, 1.165) is 55.2 Å². The molecule has 0 unspecified atom stereocenters. The predicted molar refractivity (Wildman–Crippen MR) is 380 cm³/mol. The van der Waals surface area contributed by atoms with Crippen molar-refractivity contribution in [3.63, 3.8) is 0 Å². The molecule has 0 atom stereocenters. The fourth-order valence-electron chi connectivity index (χ4n) is 11.0. The lowest BCUT2D eigenvalue weighted by atomic mass is 10.1. The van der Waals surface area contributed by atoms with E-state index in [-0.39, 0.29) is 75.1 Å². The number of carboxylic acid groups (broad SMARTS) is 1. The van der Waals surface area contributed by atoms with Crippen molar-refractivity contribution in [1.29, 1.82) is 0 Å². The first-order valence-corrected chi connectivity index (χ1v) is 30.6. The van der Waals surface area contributed by atoms with Crippen LogP contribution < -0.4 is 52.4 Å². The fraction of sp³-hybridized carbons (Fsp3) is 0.250. The molecule has 0 aliphatic heterocycles. The van der Waals surface area contributed by atoms with Gasteiger partial charge in [-0.25, -0.2) is 9.59 Å². The quantitative estimate of drug-likeness (QED) is 0.0238. The van der Waals surface area contributed by atoms with Gasteiger partial charge in [-0.2, -0.15) is 44.9 Å². The number of aromatic nitrogens is 9. The van der Waals surface area contributed by atoms with Crippen molar-refractivity contribution in [1.82, 2.24) is 44.9 Å². The highest BCUT2D eigenvalue weighted by Gasteiger charge is 2.25. The van der Waals surface area contributed by atoms with Crippen LogP contribution in [0.15, 0.2) is 170 Å². The Bertz CT molecular complexity index is 4210. The SMILES string of the molecule is C.C.C.COC(=O)c1ccc(CNc2nc(Cl)nc(NC3Cc4ccccc4C3)n2)cc1.COc1nc(NCc2ccc(C(=O)Nc3ccccc3N)cc2)nc(NC2Cc3ccccc3C2)n1.COc1nc(NCc2ccc(C(=O)O)cc2)nc(NC2Cc3ccccc3C2)n1. The number of esters is 1. The second-order valence-electron chi connectivity index (χ2n) is 22.2. The molecule has 10 N–H and O–H groups in total. The number of benzene rings is 7. The Morgan fingerprint density at radius 1 is 0.433 bits per heavy atom. The van der Waals surface area contributed by atoms with Crippen molar-refractivity contribution in [2.45, 2.75) is 98.6 Å². The summed E-state index contributed by atoms with van der Waals surface area (Å²) >= 11 is 6.08. The highest BCUT2D eigenvalue weighted by molar-refractivity contribution is 6.28. The second kappa shape index (κ2) is 34.0. The summed E-state index contributed by atoms with van der Waals surface area (Å²) in [5, 5.41) is 31.6. The molecule has 25 heteroatoms. The van der Waals surface area contributed by atoms with E-state index in [1.54, 1.807) is 60.7 Å². The molecule has 0 bridgehead atoms. The van der Waals surface area contributed by atoms with Crippen molar-refractivity contribution in [3.8, 4) is 12.0 Å². The van der Waals surface area contributed by atoms with Crippen LogP contribution in [0.1, 0.15) is 103 Å². The average molecular weight is 1330 g/mol. The zero-order valence-electron chi connectivity index (χ0n) is 51.6. The summed E-state index contributed by atoms with van der Waals surface area (Å²) in [4.78, 5) is 74.0. The van der Waals surface area contributed by atoms with Gasteiger partial charge in [-0.05, 0) is 149 Å². The van der Waals surface area contributed by atoms with Crippen LogP contribution in [0, 0.1) is 0 Å². The maximum absolute atomic E-state index is 12.5. The second-order valence-corrected chi connectivity index (χ2v) is 22.6. The zero-order valence-corrected chi connectivity index (χ0v) is 52.4. The molecule has 1 amide bonds. The van der Waals surface area contributed by atoms with E-state index in [2.05, 4.69) is 155 Å². The number of nitrogen functional groups attached to an aromatic ring is 1. The Balaban J connectivity index is 0.000000185. The number of aromatic carboxylic acids is 1. The molecule has 3 aliphatic carbocycles. The van der Waals surface area contributed by atoms with Gasteiger partial charge in [-0.15, -0.1) is 0 Å². The Kier molecular flexibility index (Phi) is 25.0. The number of carbonyl (C=O) groups excluding carboxylic acids is 2. The molecule has 0 fully saturated rings. The minimum atomic E-state index is -0.948. The van der Waals surface area contributed by atoms with Crippen molar-refractivity contribution in [3.05, 3.63) is 242 Å². The van der Waals surface area contributed by atoms with E-state index in [1.165, 1.54) is 54.7 Å². The number of hydrogen-bond donors (Lipinski definition) is 9. The Morgan fingerprint density at radius 2 is 0.753 bits per heavy atom. The van der Waals surface area contributed by atoms with Crippen molar-refractivity contribution < 1.29 is 33.7 Å².